The molecule has 1 amide bonds. The van der Waals surface area contributed by atoms with Gasteiger partial charge in [-0.05, 0) is 6.42 Å². The number of amides is 1. The highest BCUT2D eigenvalue weighted by atomic mass is 32.2. The lowest BCUT2D eigenvalue weighted by molar-refractivity contribution is -0.0225. The van der Waals surface area contributed by atoms with E-state index in [9.17, 15) is 22.0 Å². The topological polar surface area (TPSA) is 102 Å². The molecule has 8 nitrogen and oxygen atoms in total. The predicted octanol–water partition coefficient (Wildman–Crippen LogP) is 1.40. The average molecular weight is 379 g/mol. The fourth-order valence-electron chi connectivity index (χ4n) is 3.33. The minimum absolute atomic E-state index is 0.0866. The van der Waals surface area contributed by atoms with Crippen molar-refractivity contribution in [3.05, 3.63) is 17.0 Å². The van der Waals surface area contributed by atoms with Gasteiger partial charge >= 0.3 is 6.09 Å². The molecule has 0 saturated carbocycles. The number of rotatable bonds is 3. The lowest BCUT2D eigenvalue weighted by Crippen LogP contribution is -2.35. The SMILES string of the molecule is CS(=O)(=O)OCC1CCC(F)(F)c2c3c(nn2C1)CCN(C(=O)O)C3. The van der Waals surface area contributed by atoms with Crippen LogP contribution in [0.5, 0.6) is 0 Å². The van der Waals surface area contributed by atoms with Crippen molar-refractivity contribution >= 4 is 16.2 Å². The zero-order chi connectivity index (χ0) is 18.4. The average Bonchev–Trinajstić information content (AvgIpc) is 2.80. The maximum Gasteiger partial charge on any atom is 0.407 e. The molecule has 0 bridgehead atoms. The standard InChI is InChI=1S/C14H19F2N3O5S/c1-25(22,23)24-8-9-2-4-14(15,16)12-10-7-18(13(20)21)5-3-11(10)17-19(12)6-9/h9H,2-8H2,1H3,(H,20,21). The van der Waals surface area contributed by atoms with E-state index in [0.717, 1.165) is 11.2 Å². The summed E-state index contributed by atoms with van der Waals surface area (Å²) >= 11 is 0. The van der Waals surface area contributed by atoms with Gasteiger partial charge in [0.1, 0.15) is 5.69 Å². The van der Waals surface area contributed by atoms with Crippen LogP contribution in [0.3, 0.4) is 0 Å². The molecule has 1 aromatic heterocycles. The maximum absolute atomic E-state index is 14.7. The Kier molecular flexibility index (Phi) is 4.48. The van der Waals surface area contributed by atoms with Crippen LogP contribution in [0.25, 0.3) is 0 Å². The molecule has 3 heterocycles. The second kappa shape index (κ2) is 6.20. The first kappa shape index (κ1) is 18.1. The van der Waals surface area contributed by atoms with E-state index < -0.39 is 34.5 Å². The Morgan fingerprint density at radius 1 is 1.48 bits per heavy atom. The summed E-state index contributed by atoms with van der Waals surface area (Å²) in [5.41, 5.74) is 0.496. The van der Waals surface area contributed by atoms with Crippen molar-refractivity contribution in [2.24, 2.45) is 5.92 Å². The van der Waals surface area contributed by atoms with Crippen molar-refractivity contribution < 1.29 is 31.3 Å². The van der Waals surface area contributed by atoms with E-state index in [1.165, 1.54) is 4.68 Å². The molecule has 0 spiro atoms. The molecule has 0 aromatic carbocycles. The van der Waals surface area contributed by atoms with Crippen LogP contribution in [0.1, 0.15) is 29.8 Å². The van der Waals surface area contributed by atoms with Gasteiger partial charge in [0, 0.05) is 37.4 Å². The van der Waals surface area contributed by atoms with E-state index in [0.29, 0.717) is 5.69 Å². The number of nitrogens with zero attached hydrogens (tertiary/aromatic N) is 3. The van der Waals surface area contributed by atoms with Gasteiger partial charge < -0.3 is 10.0 Å². The molecule has 11 heteroatoms. The van der Waals surface area contributed by atoms with Gasteiger partial charge in [-0.15, -0.1) is 0 Å². The molecule has 1 aromatic rings. The highest BCUT2D eigenvalue weighted by Crippen LogP contribution is 2.41. The van der Waals surface area contributed by atoms with Crippen LogP contribution in [0.2, 0.25) is 0 Å². The van der Waals surface area contributed by atoms with Gasteiger partial charge in [-0.2, -0.15) is 22.3 Å². The third-order valence-corrected chi connectivity index (χ3v) is 5.10. The highest BCUT2D eigenvalue weighted by molar-refractivity contribution is 7.85. The molecule has 2 aliphatic rings. The number of hydrogen-bond acceptors (Lipinski definition) is 5. The lowest BCUT2D eigenvalue weighted by atomic mass is 9.98. The summed E-state index contributed by atoms with van der Waals surface area (Å²) in [6, 6.07) is 0. The van der Waals surface area contributed by atoms with Crippen LogP contribution in [0.15, 0.2) is 0 Å². The minimum atomic E-state index is -3.65. The molecule has 0 saturated heterocycles. The summed E-state index contributed by atoms with van der Waals surface area (Å²) in [5, 5.41) is 13.4. The van der Waals surface area contributed by atoms with E-state index in [-0.39, 0.29) is 50.3 Å². The summed E-state index contributed by atoms with van der Waals surface area (Å²) in [7, 11) is -3.65. The maximum atomic E-state index is 14.7. The molecule has 1 unspecified atom stereocenters. The zero-order valence-electron chi connectivity index (χ0n) is 13.6. The number of alkyl halides is 2. The molecule has 0 aliphatic carbocycles. The first-order chi connectivity index (χ1) is 11.6. The summed E-state index contributed by atoms with van der Waals surface area (Å²) in [4.78, 5) is 12.2. The number of carboxylic acid groups (broad SMARTS) is 1. The fourth-order valence-corrected chi connectivity index (χ4v) is 3.77. The minimum Gasteiger partial charge on any atom is -0.465 e. The van der Waals surface area contributed by atoms with Crippen molar-refractivity contribution in [2.45, 2.75) is 38.3 Å². The van der Waals surface area contributed by atoms with Crippen molar-refractivity contribution in [3.63, 3.8) is 0 Å². The summed E-state index contributed by atoms with van der Waals surface area (Å²) in [6.07, 6.45) is -0.333. The normalized spacial score (nSPS) is 22.8. The van der Waals surface area contributed by atoms with Crippen molar-refractivity contribution in [1.82, 2.24) is 14.7 Å². The van der Waals surface area contributed by atoms with Crippen LogP contribution in [0, 0.1) is 5.92 Å². The van der Waals surface area contributed by atoms with E-state index in [1.54, 1.807) is 0 Å². The fraction of sp³-hybridized carbons (Fsp3) is 0.714. The van der Waals surface area contributed by atoms with Gasteiger partial charge in [0.15, 0.2) is 0 Å². The van der Waals surface area contributed by atoms with Crippen LogP contribution < -0.4 is 0 Å². The van der Waals surface area contributed by atoms with Gasteiger partial charge in [0.25, 0.3) is 16.0 Å². The quantitative estimate of drug-likeness (QED) is 0.797. The molecule has 0 radical (unpaired) electrons. The number of carbonyl (C=O) groups is 1. The number of halogens is 2. The Labute approximate surface area is 143 Å². The van der Waals surface area contributed by atoms with Crippen molar-refractivity contribution in [2.75, 3.05) is 19.4 Å². The van der Waals surface area contributed by atoms with Crippen LogP contribution in [0.4, 0.5) is 13.6 Å². The smallest absolute Gasteiger partial charge is 0.407 e. The van der Waals surface area contributed by atoms with Gasteiger partial charge in [-0.25, -0.2) is 4.79 Å². The molecule has 3 rings (SSSR count). The zero-order valence-corrected chi connectivity index (χ0v) is 14.4. The Bertz CT molecular complexity index is 793. The first-order valence-corrected chi connectivity index (χ1v) is 9.67. The molecule has 2 aliphatic heterocycles. The Balaban J connectivity index is 1.90. The summed E-state index contributed by atoms with van der Waals surface area (Å²) in [6.45, 7) is 0.0335. The number of aromatic nitrogens is 2. The number of hydrogen-bond donors (Lipinski definition) is 1. The second-order valence-electron chi connectivity index (χ2n) is 6.51. The molecule has 0 fully saturated rings. The largest absolute Gasteiger partial charge is 0.465 e. The molecular formula is C14H19F2N3O5S. The molecule has 1 atom stereocenters. The molecular weight excluding hydrogens is 360 g/mol. The van der Waals surface area contributed by atoms with E-state index in [2.05, 4.69) is 5.10 Å². The van der Waals surface area contributed by atoms with Gasteiger partial charge in [0.05, 0.1) is 25.1 Å². The molecule has 140 valence electrons. The Morgan fingerprint density at radius 3 is 2.84 bits per heavy atom. The number of fused-ring (bicyclic) bond motifs is 3. The van der Waals surface area contributed by atoms with Crippen LogP contribution in [-0.2, 0) is 39.7 Å². The molecule has 25 heavy (non-hydrogen) atoms. The summed E-state index contributed by atoms with van der Waals surface area (Å²) in [5.74, 6) is -3.57. The third kappa shape index (κ3) is 3.76. The first-order valence-electron chi connectivity index (χ1n) is 7.86. The third-order valence-electron chi connectivity index (χ3n) is 4.53. The summed E-state index contributed by atoms with van der Waals surface area (Å²) < 4.78 is 57.6. The highest BCUT2D eigenvalue weighted by Gasteiger charge is 2.43. The predicted molar refractivity (Wildman–Crippen MR) is 81.8 cm³/mol. The second-order valence-corrected chi connectivity index (χ2v) is 8.15. The van der Waals surface area contributed by atoms with E-state index in [1.807, 2.05) is 0 Å². The van der Waals surface area contributed by atoms with Gasteiger partial charge in [0.2, 0.25) is 0 Å². The van der Waals surface area contributed by atoms with Gasteiger partial charge in [-0.1, -0.05) is 0 Å². The van der Waals surface area contributed by atoms with Crippen LogP contribution in [-0.4, -0.2) is 53.7 Å². The van der Waals surface area contributed by atoms with Crippen molar-refractivity contribution in [1.29, 1.82) is 0 Å². The monoisotopic (exact) mass is 379 g/mol. The van der Waals surface area contributed by atoms with E-state index in [4.69, 9.17) is 9.29 Å². The molecule has 1 N–H and O–H groups in total. The van der Waals surface area contributed by atoms with Crippen molar-refractivity contribution in [3.8, 4) is 0 Å². The Morgan fingerprint density at radius 2 is 2.20 bits per heavy atom. The Hall–Kier alpha value is -1.75. The van der Waals surface area contributed by atoms with Crippen LogP contribution >= 0.6 is 0 Å². The van der Waals surface area contributed by atoms with E-state index >= 15 is 0 Å². The van der Waals surface area contributed by atoms with Gasteiger partial charge in [-0.3, -0.25) is 8.86 Å². The lowest BCUT2D eigenvalue weighted by Gasteiger charge is -2.25.